The first-order valence-corrected chi connectivity index (χ1v) is 4.66. The molecular weight excluding hydrogens is 171 g/mol. The Labute approximate surface area is 77.8 Å². The van der Waals surface area contributed by atoms with Crippen molar-refractivity contribution in [2.75, 3.05) is 6.61 Å². The monoisotopic (exact) mass is 186 g/mol. The second kappa shape index (κ2) is 4.40. The van der Waals surface area contributed by atoms with E-state index < -0.39 is 11.6 Å². The van der Waals surface area contributed by atoms with Gasteiger partial charge in [0.15, 0.2) is 0 Å². The van der Waals surface area contributed by atoms with Gasteiger partial charge in [-0.05, 0) is 25.7 Å². The lowest BCUT2D eigenvalue weighted by Gasteiger charge is -2.26. The highest BCUT2D eigenvalue weighted by Gasteiger charge is 2.40. The molecule has 0 unspecified atom stereocenters. The molecule has 74 valence electrons. The fourth-order valence-corrected chi connectivity index (χ4v) is 1.58. The zero-order valence-electron chi connectivity index (χ0n) is 7.72. The van der Waals surface area contributed by atoms with Gasteiger partial charge < -0.3 is 4.74 Å². The van der Waals surface area contributed by atoms with Crippen LogP contribution in [0.3, 0.4) is 0 Å². The van der Waals surface area contributed by atoms with Gasteiger partial charge in [-0.2, -0.15) is 0 Å². The first kappa shape index (κ1) is 10.2. The van der Waals surface area contributed by atoms with Gasteiger partial charge in [0.05, 0.1) is 0 Å². The number of hydrogen-bond acceptors (Lipinski definition) is 2. The van der Waals surface area contributed by atoms with Crippen LogP contribution in [0.1, 0.15) is 32.1 Å². The van der Waals surface area contributed by atoms with Crippen LogP contribution >= 0.6 is 0 Å². The first-order valence-electron chi connectivity index (χ1n) is 4.66. The van der Waals surface area contributed by atoms with E-state index in [0.717, 1.165) is 19.3 Å². The minimum Gasteiger partial charge on any atom is -0.459 e. The summed E-state index contributed by atoms with van der Waals surface area (Å²) < 4.78 is 18.5. The standard InChI is InChI=1S/C10H15FO2/c1-2-8-13-9(12)10(11)6-4-3-5-7-10/h2H,1,3-8H2. The van der Waals surface area contributed by atoms with Crippen molar-refractivity contribution < 1.29 is 13.9 Å². The zero-order chi connectivity index (χ0) is 9.73. The lowest BCUT2D eigenvalue weighted by Crippen LogP contribution is -2.37. The highest BCUT2D eigenvalue weighted by Crippen LogP contribution is 2.32. The molecule has 0 atom stereocenters. The van der Waals surface area contributed by atoms with Crippen molar-refractivity contribution in [2.24, 2.45) is 0 Å². The van der Waals surface area contributed by atoms with Gasteiger partial charge in [0, 0.05) is 0 Å². The Morgan fingerprint density at radius 2 is 2.08 bits per heavy atom. The maximum absolute atomic E-state index is 13.8. The van der Waals surface area contributed by atoms with E-state index in [1.807, 2.05) is 0 Å². The van der Waals surface area contributed by atoms with Crippen LogP contribution in [0.15, 0.2) is 12.7 Å². The van der Waals surface area contributed by atoms with E-state index in [0.29, 0.717) is 12.8 Å². The highest BCUT2D eigenvalue weighted by atomic mass is 19.1. The van der Waals surface area contributed by atoms with Crippen LogP contribution in [-0.2, 0) is 9.53 Å². The molecule has 0 bridgehead atoms. The topological polar surface area (TPSA) is 26.3 Å². The quantitative estimate of drug-likeness (QED) is 0.499. The molecule has 0 aromatic rings. The summed E-state index contributed by atoms with van der Waals surface area (Å²) in [6, 6.07) is 0. The van der Waals surface area contributed by atoms with Crippen LogP contribution in [0.25, 0.3) is 0 Å². The molecule has 0 radical (unpaired) electrons. The minimum absolute atomic E-state index is 0.102. The van der Waals surface area contributed by atoms with Gasteiger partial charge in [-0.15, -0.1) is 0 Å². The van der Waals surface area contributed by atoms with Gasteiger partial charge in [0.25, 0.3) is 0 Å². The molecule has 0 aromatic heterocycles. The summed E-state index contributed by atoms with van der Waals surface area (Å²) in [5, 5.41) is 0. The maximum Gasteiger partial charge on any atom is 0.344 e. The number of ether oxygens (including phenoxy) is 1. The Hall–Kier alpha value is -0.860. The Morgan fingerprint density at radius 3 is 2.62 bits per heavy atom. The average Bonchev–Trinajstić information content (AvgIpc) is 2.15. The lowest BCUT2D eigenvalue weighted by atomic mass is 9.86. The first-order chi connectivity index (χ1) is 6.19. The number of rotatable bonds is 3. The molecule has 1 aliphatic rings. The van der Waals surface area contributed by atoms with E-state index in [1.165, 1.54) is 6.08 Å². The lowest BCUT2D eigenvalue weighted by molar-refractivity contribution is -0.158. The predicted molar refractivity (Wildman–Crippen MR) is 48.1 cm³/mol. The zero-order valence-corrected chi connectivity index (χ0v) is 7.72. The smallest absolute Gasteiger partial charge is 0.344 e. The summed E-state index contributed by atoms with van der Waals surface area (Å²) >= 11 is 0. The number of alkyl halides is 1. The molecule has 1 aliphatic carbocycles. The third-order valence-corrected chi connectivity index (χ3v) is 2.34. The highest BCUT2D eigenvalue weighted by molar-refractivity contribution is 5.79. The van der Waals surface area contributed by atoms with Crippen LogP contribution < -0.4 is 0 Å². The van der Waals surface area contributed by atoms with Crippen molar-refractivity contribution in [1.82, 2.24) is 0 Å². The maximum atomic E-state index is 13.8. The van der Waals surface area contributed by atoms with Crippen LogP contribution in [0.2, 0.25) is 0 Å². The van der Waals surface area contributed by atoms with Crippen LogP contribution in [0.4, 0.5) is 4.39 Å². The largest absolute Gasteiger partial charge is 0.459 e. The predicted octanol–water partition coefficient (Wildman–Crippen LogP) is 2.39. The van der Waals surface area contributed by atoms with Crippen molar-refractivity contribution in [2.45, 2.75) is 37.8 Å². The van der Waals surface area contributed by atoms with E-state index in [4.69, 9.17) is 4.74 Å². The molecule has 0 amide bonds. The molecule has 1 saturated carbocycles. The van der Waals surface area contributed by atoms with E-state index >= 15 is 0 Å². The van der Waals surface area contributed by atoms with Crippen molar-refractivity contribution in [1.29, 1.82) is 0 Å². The number of halogens is 1. The molecule has 0 heterocycles. The molecule has 2 nitrogen and oxygen atoms in total. The minimum atomic E-state index is -1.72. The average molecular weight is 186 g/mol. The van der Waals surface area contributed by atoms with Crippen LogP contribution in [0, 0.1) is 0 Å². The molecule has 0 spiro atoms. The Balaban J connectivity index is 2.46. The number of hydrogen-bond donors (Lipinski definition) is 0. The fourth-order valence-electron chi connectivity index (χ4n) is 1.58. The van der Waals surface area contributed by atoms with Crippen molar-refractivity contribution in [3.63, 3.8) is 0 Å². The van der Waals surface area contributed by atoms with Crippen LogP contribution in [-0.4, -0.2) is 18.2 Å². The summed E-state index contributed by atoms with van der Waals surface area (Å²) in [6.07, 6.45) is 4.63. The number of carbonyl (C=O) groups excluding carboxylic acids is 1. The molecule has 1 fully saturated rings. The van der Waals surface area contributed by atoms with E-state index in [9.17, 15) is 9.18 Å². The Kier molecular flexibility index (Phi) is 3.46. The molecule has 1 rings (SSSR count). The molecule has 0 saturated heterocycles. The molecular formula is C10H15FO2. The molecule has 3 heteroatoms. The van der Waals surface area contributed by atoms with E-state index in [-0.39, 0.29) is 6.61 Å². The van der Waals surface area contributed by atoms with Gasteiger partial charge in [0.1, 0.15) is 6.61 Å². The summed E-state index contributed by atoms with van der Waals surface area (Å²) in [5.74, 6) is -0.716. The molecule has 13 heavy (non-hydrogen) atoms. The fraction of sp³-hybridized carbons (Fsp3) is 0.700. The van der Waals surface area contributed by atoms with Crippen LogP contribution in [0.5, 0.6) is 0 Å². The second-order valence-electron chi connectivity index (χ2n) is 3.41. The Morgan fingerprint density at radius 1 is 1.46 bits per heavy atom. The van der Waals surface area contributed by atoms with Gasteiger partial charge in [-0.25, -0.2) is 9.18 Å². The van der Waals surface area contributed by atoms with Gasteiger partial charge in [-0.1, -0.05) is 19.1 Å². The number of esters is 1. The van der Waals surface area contributed by atoms with E-state index in [2.05, 4.69) is 6.58 Å². The summed E-state index contributed by atoms with van der Waals surface area (Å²) in [5.41, 5.74) is -1.72. The summed E-state index contributed by atoms with van der Waals surface area (Å²) in [6.45, 7) is 3.50. The normalized spacial score (nSPS) is 20.7. The van der Waals surface area contributed by atoms with Gasteiger partial charge in [-0.3, -0.25) is 0 Å². The van der Waals surface area contributed by atoms with Crippen molar-refractivity contribution >= 4 is 5.97 Å². The molecule has 0 aliphatic heterocycles. The summed E-state index contributed by atoms with van der Waals surface area (Å²) in [4.78, 5) is 11.2. The second-order valence-corrected chi connectivity index (χ2v) is 3.41. The van der Waals surface area contributed by atoms with Crippen molar-refractivity contribution in [3.8, 4) is 0 Å². The van der Waals surface area contributed by atoms with Gasteiger partial charge >= 0.3 is 5.97 Å². The van der Waals surface area contributed by atoms with Gasteiger partial charge in [0.2, 0.25) is 5.67 Å². The SMILES string of the molecule is C=CCOC(=O)C1(F)CCCCC1. The van der Waals surface area contributed by atoms with E-state index in [1.54, 1.807) is 0 Å². The molecule has 0 aromatic carbocycles. The third kappa shape index (κ3) is 2.54. The molecule has 0 N–H and O–H groups in total. The van der Waals surface area contributed by atoms with Crippen molar-refractivity contribution in [3.05, 3.63) is 12.7 Å². The Bertz CT molecular complexity index is 195. The third-order valence-electron chi connectivity index (χ3n) is 2.34. The summed E-state index contributed by atoms with van der Waals surface area (Å²) in [7, 11) is 0. The number of carbonyl (C=O) groups is 1.